The number of thioether (sulfide) groups is 1. The van der Waals surface area contributed by atoms with Gasteiger partial charge in [0.05, 0.1) is 22.9 Å². The van der Waals surface area contributed by atoms with Crippen molar-refractivity contribution in [3.63, 3.8) is 0 Å². The van der Waals surface area contributed by atoms with Crippen LogP contribution < -0.4 is 10.6 Å². The van der Waals surface area contributed by atoms with E-state index in [-0.39, 0.29) is 46.4 Å². The van der Waals surface area contributed by atoms with Gasteiger partial charge in [-0.2, -0.15) is 18.2 Å². The molecule has 3 aromatic rings. The van der Waals surface area contributed by atoms with Crippen LogP contribution in [0.1, 0.15) is 12.5 Å². The van der Waals surface area contributed by atoms with Crippen LogP contribution in [0.3, 0.4) is 0 Å². The lowest BCUT2D eigenvalue weighted by Crippen LogP contribution is -2.51. The van der Waals surface area contributed by atoms with E-state index in [2.05, 4.69) is 9.88 Å². The zero-order valence-electron chi connectivity index (χ0n) is 20.4. The Hall–Kier alpha value is -2.70. The van der Waals surface area contributed by atoms with E-state index in [9.17, 15) is 26.7 Å². The Morgan fingerprint density at radius 2 is 1.92 bits per heavy atom. The number of anilines is 1. The predicted octanol–water partition coefficient (Wildman–Crippen LogP) is 4.62. The largest absolute Gasteiger partial charge is 0.417 e. The summed E-state index contributed by atoms with van der Waals surface area (Å²) in [5.74, 6) is -1.84. The summed E-state index contributed by atoms with van der Waals surface area (Å²) in [7, 11) is 3.41. The molecule has 2 unspecified atom stereocenters. The maximum atomic E-state index is 15.0. The Balaban J connectivity index is 1.89. The number of alkyl halides is 3. The first-order valence-electron chi connectivity index (χ1n) is 11.7. The third kappa shape index (κ3) is 4.59. The minimum Gasteiger partial charge on any atom is -0.383 e. The SMILES string of the molecule is COCC1Cn2c(=O)nc(N3CCN(C)CC3C)c3cc(C(F)(F)F)c(-c4ccc(F)cc4F)c(c32)S1. The summed E-state index contributed by atoms with van der Waals surface area (Å²) in [6, 6.07) is 3.34. The molecule has 1 fully saturated rings. The number of rotatable bonds is 4. The van der Waals surface area contributed by atoms with Gasteiger partial charge in [-0.25, -0.2) is 13.6 Å². The highest BCUT2D eigenvalue weighted by atomic mass is 32.2. The Kier molecular flexibility index (Phi) is 6.70. The molecular weight excluding hydrogens is 515 g/mol. The third-order valence-corrected chi connectivity index (χ3v) is 8.08. The molecule has 2 atom stereocenters. The zero-order chi connectivity index (χ0) is 26.6. The molecule has 5 rings (SSSR count). The van der Waals surface area contributed by atoms with Gasteiger partial charge in [0.25, 0.3) is 0 Å². The van der Waals surface area contributed by atoms with E-state index in [1.165, 1.54) is 11.7 Å². The van der Waals surface area contributed by atoms with E-state index in [0.29, 0.717) is 25.7 Å². The fourth-order valence-corrected chi connectivity index (χ4v) is 6.64. The number of hydrogen-bond acceptors (Lipinski definition) is 6. The lowest BCUT2D eigenvalue weighted by Gasteiger charge is -2.40. The average Bonchev–Trinajstić information content (AvgIpc) is 2.81. The van der Waals surface area contributed by atoms with Crippen molar-refractivity contribution < 1.29 is 26.7 Å². The van der Waals surface area contributed by atoms with Crippen LogP contribution in [0.4, 0.5) is 27.8 Å². The number of methoxy groups -OCH3 is 1. The van der Waals surface area contributed by atoms with E-state index < -0.39 is 39.9 Å². The van der Waals surface area contributed by atoms with E-state index >= 15 is 0 Å². The fraction of sp³-hybridized carbons (Fsp3) is 0.440. The number of aromatic nitrogens is 2. The summed E-state index contributed by atoms with van der Waals surface area (Å²) in [6.07, 6.45) is -4.86. The van der Waals surface area contributed by atoms with Crippen molar-refractivity contribution >= 4 is 28.5 Å². The summed E-state index contributed by atoms with van der Waals surface area (Å²) in [5.41, 5.74) is -2.20. The molecule has 198 valence electrons. The van der Waals surface area contributed by atoms with Crippen molar-refractivity contribution in [3.8, 4) is 11.1 Å². The zero-order valence-corrected chi connectivity index (χ0v) is 21.2. The van der Waals surface area contributed by atoms with E-state index in [1.807, 2.05) is 18.9 Å². The molecule has 0 N–H and O–H groups in total. The van der Waals surface area contributed by atoms with Gasteiger partial charge in [-0.05, 0) is 32.2 Å². The van der Waals surface area contributed by atoms with Crippen molar-refractivity contribution in [1.29, 1.82) is 0 Å². The first-order valence-corrected chi connectivity index (χ1v) is 12.6. The standard InChI is InChI=1S/C25H25F5N4O2S/c1-13-10-32(2)6-7-33(13)23-17-9-18(25(28,29)30)20(16-5-4-14(26)8-19(16)27)22-21(17)34(24(35)31-23)11-15(37-22)12-36-3/h4-5,8-9,13,15H,6-7,10-12H2,1-3H3. The van der Waals surface area contributed by atoms with Crippen LogP contribution in [0.5, 0.6) is 0 Å². The quantitative estimate of drug-likeness (QED) is 0.451. The molecule has 12 heteroatoms. The average molecular weight is 541 g/mol. The number of piperazine rings is 1. The Bertz CT molecular complexity index is 1430. The van der Waals surface area contributed by atoms with Crippen LogP contribution in [-0.4, -0.2) is 66.1 Å². The van der Waals surface area contributed by atoms with Crippen LogP contribution in [0.15, 0.2) is 34.0 Å². The molecule has 1 aromatic heterocycles. The molecule has 0 aliphatic carbocycles. The van der Waals surface area contributed by atoms with Crippen molar-refractivity contribution in [3.05, 3.63) is 51.9 Å². The molecular formula is C25H25F5N4O2S. The van der Waals surface area contributed by atoms with Gasteiger partial charge in [-0.15, -0.1) is 11.8 Å². The number of halogens is 5. The van der Waals surface area contributed by atoms with Gasteiger partial charge in [-0.3, -0.25) is 4.57 Å². The number of benzene rings is 2. The van der Waals surface area contributed by atoms with Gasteiger partial charge in [0.1, 0.15) is 17.5 Å². The molecule has 2 aromatic carbocycles. The Labute approximate surface area is 214 Å². The molecule has 0 bridgehead atoms. The number of nitrogens with zero attached hydrogens (tertiary/aromatic N) is 4. The van der Waals surface area contributed by atoms with Gasteiger partial charge < -0.3 is 14.5 Å². The highest BCUT2D eigenvalue weighted by Crippen LogP contribution is 2.50. The molecule has 37 heavy (non-hydrogen) atoms. The minimum absolute atomic E-state index is 0.103. The second-order valence-electron chi connectivity index (χ2n) is 9.47. The van der Waals surface area contributed by atoms with E-state index in [0.717, 1.165) is 30.0 Å². The maximum absolute atomic E-state index is 15.0. The van der Waals surface area contributed by atoms with Gasteiger partial charge in [0.15, 0.2) is 0 Å². The summed E-state index contributed by atoms with van der Waals surface area (Å²) >= 11 is 1.10. The summed E-state index contributed by atoms with van der Waals surface area (Å²) < 4.78 is 79.1. The van der Waals surface area contributed by atoms with Gasteiger partial charge >= 0.3 is 11.9 Å². The number of likely N-dealkylation sites (N-methyl/N-ethyl adjacent to an activating group) is 1. The van der Waals surface area contributed by atoms with Crippen LogP contribution >= 0.6 is 11.8 Å². The molecule has 1 saturated heterocycles. The molecule has 3 heterocycles. The molecule has 0 amide bonds. The van der Waals surface area contributed by atoms with Gasteiger partial charge in [0.2, 0.25) is 0 Å². The molecule has 2 aliphatic rings. The molecule has 0 radical (unpaired) electrons. The first-order chi connectivity index (χ1) is 17.5. The number of ether oxygens (including phenoxy) is 1. The Morgan fingerprint density at radius 3 is 2.57 bits per heavy atom. The lowest BCUT2D eigenvalue weighted by molar-refractivity contribution is -0.137. The predicted molar refractivity (Wildman–Crippen MR) is 132 cm³/mol. The summed E-state index contributed by atoms with van der Waals surface area (Å²) in [6.45, 7) is 4.03. The topological polar surface area (TPSA) is 50.6 Å². The normalized spacial score (nSPS) is 20.6. The highest BCUT2D eigenvalue weighted by Gasteiger charge is 2.40. The van der Waals surface area contributed by atoms with Gasteiger partial charge in [-0.1, -0.05) is 0 Å². The van der Waals surface area contributed by atoms with Crippen molar-refractivity contribution in [1.82, 2.24) is 14.5 Å². The number of hydrogen-bond donors (Lipinski definition) is 0. The fourth-order valence-electron chi connectivity index (χ4n) is 5.21. The lowest BCUT2D eigenvalue weighted by atomic mass is 9.95. The van der Waals surface area contributed by atoms with Crippen LogP contribution in [0, 0.1) is 11.6 Å². The van der Waals surface area contributed by atoms with Crippen molar-refractivity contribution in [2.75, 3.05) is 45.3 Å². The van der Waals surface area contributed by atoms with Crippen molar-refractivity contribution in [2.24, 2.45) is 0 Å². The first kappa shape index (κ1) is 25.9. The highest BCUT2D eigenvalue weighted by molar-refractivity contribution is 8.00. The van der Waals surface area contributed by atoms with Gasteiger partial charge in [0, 0.05) is 66.8 Å². The second-order valence-corrected chi connectivity index (χ2v) is 10.8. The third-order valence-electron chi connectivity index (χ3n) is 6.83. The molecule has 0 saturated carbocycles. The second kappa shape index (κ2) is 9.55. The van der Waals surface area contributed by atoms with Crippen LogP contribution in [0.2, 0.25) is 0 Å². The molecule has 6 nitrogen and oxygen atoms in total. The molecule has 2 aliphatic heterocycles. The Morgan fingerprint density at radius 1 is 1.16 bits per heavy atom. The monoisotopic (exact) mass is 540 g/mol. The minimum atomic E-state index is -4.86. The summed E-state index contributed by atoms with van der Waals surface area (Å²) in [5, 5.41) is -0.243. The summed E-state index contributed by atoms with van der Waals surface area (Å²) in [4.78, 5) is 21.6. The van der Waals surface area contributed by atoms with E-state index in [1.54, 1.807) is 0 Å². The molecule has 0 spiro atoms. The maximum Gasteiger partial charge on any atom is 0.417 e. The van der Waals surface area contributed by atoms with Crippen molar-refractivity contribution in [2.45, 2.75) is 35.8 Å². The van der Waals surface area contributed by atoms with Crippen LogP contribution in [-0.2, 0) is 17.5 Å². The smallest absolute Gasteiger partial charge is 0.383 e. The van der Waals surface area contributed by atoms with E-state index in [4.69, 9.17) is 4.74 Å². The van der Waals surface area contributed by atoms with Crippen LogP contribution in [0.25, 0.3) is 22.0 Å².